The van der Waals surface area contributed by atoms with Crippen molar-refractivity contribution >= 4 is 11.8 Å². The Morgan fingerprint density at radius 2 is 2.00 bits per heavy atom. The zero-order valence-corrected chi connectivity index (χ0v) is 15.8. The minimum absolute atomic E-state index is 0.159. The zero-order valence-electron chi connectivity index (χ0n) is 15.8. The van der Waals surface area contributed by atoms with E-state index in [2.05, 4.69) is 0 Å². The van der Waals surface area contributed by atoms with E-state index in [1.165, 1.54) is 0 Å². The Hall–Kier alpha value is -1.88. The van der Waals surface area contributed by atoms with Crippen molar-refractivity contribution in [3.8, 4) is 0 Å². The van der Waals surface area contributed by atoms with Crippen molar-refractivity contribution < 1.29 is 14.3 Å². The molecule has 0 aliphatic carbocycles. The van der Waals surface area contributed by atoms with Gasteiger partial charge in [-0.1, -0.05) is 30.3 Å². The number of carbonyl (C=O) groups excluding carboxylic acids is 2. The molecule has 2 aliphatic heterocycles. The van der Waals surface area contributed by atoms with E-state index in [4.69, 9.17) is 4.74 Å². The third-order valence-corrected chi connectivity index (χ3v) is 5.70. The largest absolute Gasteiger partial charge is 0.377 e. The van der Waals surface area contributed by atoms with E-state index in [0.717, 1.165) is 44.3 Å². The lowest BCUT2D eigenvalue weighted by Crippen LogP contribution is -2.50. The molecule has 0 N–H and O–H groups in total. The predicted molar refractivity (Wildman–Crippen MR) is 100 cm³/mol. The quantitative estimate of drug-likeness (QED) is 0.704. The van der Waals surface area contributed by atoms with Crippen LogP contribution in [-0.2, 0) is 20.9 Å². The van der Waals surface area contributed by atoms with Gasteiger partial charge in [0.15, 0.2) is 0 Å². The normalized spacial score (nSPS) is 23.0. The molecule has 0 aromatic heterocycles. The van der Waals surface area contributed by atoms with Crippen LogP contribution < -0.4 is 0 Å². The number of hydrogen-bond donors (Lipinski definition) is 0. The first-order valence-electron chi connectivity index (χ1n) is 9.83. The second-order valence-electron chi connectivity index (χ2n) is 7.48. The van der Waals surface area contributed by atoms with E-state index in [1.54, 1.807) is 0 Å². The summed E-state index contributed by atoms with van der Waals surface area (Å²) in [4.78, 5) is 29.1. The summed E-state index contributed by atoms with van der Waals surface area (Å²) in [6.45, 7) is 6.16. The van der Waals surface area contributed by atoms with Crippen LogP contribution in [0.1, 0.15) is 44.6 Å². The van der Waals surface area contributed by atoms with Gasteiger partial charge in [-0.15, -0.1) is 0 Å². The average Bonchev–Trinajstić information content (AvgIpc) is 3.10. The van der Waals surface area contributed by atoms with Crippen molar-refractivity contribution in [2.45, 2.75) is 45.6 Å². The lowest BCUT2D eigenvalue weighted by atomic mass is 9.78. The Balaban J connectivity index is 1.40. The predicted octanol–water partition coefficient (Wildman–Crippen LogP) is 2.84. The lowest BCUT2D eigenvalue weighted by molar-refractivity contribution is -0.145. The zero-order chi connectivity index (χ0) is 18.4. The van der Waals surface area contributed by atoms with Gasteiger partial charge in [0.1, 0.15) is 0 Å². The topological polar surface area (TPSA) is 49.9 Å². The van der Waals surface area contributed by atoms with Crippen LogP contribution in [0.3, 0.4) is 0 Å². The first kappa shape index (κ1) is 18.9. The molecule has 2 fully saturated rings. The molecule has 1 aromatic rings. The molecule has 0 radical (unpaired) electrons. The maximum Gasteiger partial charge on any atom is 0.230 e. The molecule has 0 saturated carbocycles. The highest BCUT2D eigenvalue weighted by Gasteiger charge is 2.48. The van der Waals surface area contributed by atoms with Crippen molar-refractivity contribution in [1.82, 2.24) is 9.80 Å². The number of carbonyl (C=O) groups is 2. The Morgan fingerprint density at radius 3 is 2.77 bits per heavy atom. The van der Waals surface area contributed by atoms with E-state index in [1.807, 2.05) is 47.1 Å². The summed E-state index contributed by atoms with van der Waals surface area (Å²) in [5.74, 6) is 0.416. The summed E-state index contributed by atoms with van der Waals surface area (Å²) in [5.41, 5.74) is 0.838. The number of likely N-dealkylation sites (tertiary alicyclic amines) is 2. The van der Waals surface area contributed by atoms with Crippen LogP contribution in [0, 0.1) is 5.41 Å². The van der Waals surface area contributed by atoms with Crippen LogP contribution in [-0.4, -0.2) is 54.4 Å². The van der Waals surface area contributed by atoms with Crippen molar-refractivity contribution in [3.05, 3.63) is 35.9 Å². The van der Waals surface area contributed by atoms with Crippen LogP contribution in [0.15, 0.2) is 30.3 Å². The van der Waals surface area contributed by atoms with Crippen LogP contribution in [0.2, 0.25) is 0 Å². The van der Waals surface area contributed by atoms with E-state index in [0.29, 0.717) is 32.7 Å². The molecule has 26 heavy (non-hydrogen) atoms. The average molecular weight is 358 g/mol. The van der Waals surface area contributed by atoms with Crippen LogP contribution in [0.4, 0.5) is 0 Å². The maximum atomic E-state index is 12.8. The molecule has 2 saturated heterocycles. The highest BCUT2D eigenvalue weighted by atomic mass is 16.5. The van der Waals surface area contributed by atoms with E-state index >= 15 is 0 Å². The Morgan fingerprint density at radius 1 is 1.19 bits per heavy atom. The van der Waals surface area contributed by atoms with Crippen molar-refractivity contribution in [1.29, 1.82) is 0 Å². The summed E-state index contributed by atoms with van der Waals surface area (Å²) in [6, 6.07) is 10.1. The number of benzene rings is 1. The van der Waals surface area contributed by atoms with Gasteiger partial charge in [0.2, 0.25) is 11.8 Å². The summed E-state index contributed by atoms with van der Waals surface area (Å²) in [6.07, 6.45) is 4.01. The minimum Gasteiger partial charge on any atom is -0.377 e. The van der Waals surface area contributed by atoms with Crippen LogP contribution >= 0.6 is 0 Å². The van der Waals surface area contributed by atoms with Gasteiger partial charge in [0, 0.05) is 39.2 Å². The Labute approximate surface area is 156 Å². The molecule has 2 amide bonds. The minimum atomic E-state index is -0.312. The van der Waals surface area contributed by atoms with Gasteiger partial charge in [0.05, 0.1) is 12.0 Å². The second-order valence-corrected chi connectivity index (χ2v) is 7.48. The third kappa shape index (κ3) is 4.26. The Kier molecular flexibility index (Phi) is 6.30. The number of ether oxygens (including phenoxy) is 1. The van der Waals surface area contributed by atoms with E-state index in [-0.39, 0.29) is 17.2 Å². The van der Waals surface area contributed by atoms with Gasteiger partial charge < -0.3 is 14.5 Å². The molecule has 2 aliphatic rings. The molecule has 0 unspecified atom stereocenters. The number of hydrogen-bond acceptors (Lipinski definition) is 3. The fourth-order valence-electron chi connectivity index (χ4n) is 4.17. The molecule has 1 atom stereocenters. The Bertz CT molecular complexity index is 619. The van der Waals surface area contributed by atoms with Gasteiger partial charge in [-0.2, -0.15) is 0 Å². The molecule has 3 rings (SSSR count). The lowest BCUT2D eigenvalue weighted by Gasteiger charge is -2.38. The van der Waals surface area contributed by atoms with Gasteiger partial charge in [-0.3, -0.25) is 9.59 Å². The molecule has 5 heteroatoms. The van der Waals surface area contributed by atoms with Gasteiger partial charge in [0.25, 0.3) is 0 Å². The van der Waals surface area contributed by atoms with Crippen molar-refractivity contribution in [2.75, 3.05) is 32.8 Å². The molecule has 1 aromatic carbocycles. The van der Waals surface area contributed by atoms with Gasteiger partial charge >= 0.3 is 0 Å². The fourth-order valence-corrected chi connectivity index (χ4v) is 4.17. The van der Waals surface area contributed by atoms with Crippen LogP contribution in [0.25, 0.3) is 0 Å². The molecular weight excluding hydrogens is 328 g/mol. The SMILES string of the molecule is CCN1CCC[C@]2(CCN(C(=O)CCCOCc3ccccc3)C2)C1=O. The molecule has 2 heterocycles. The molecule has 1 spiro atoms. The van der Waals surface area contributed by atoms with Gasteiger partial charge in [-0.05, 0) is 38.2 Å². The maximum absolute atomic E-state index is 12.8. The second kappa shape index (κ2) is 8.67. The standard InChI is InChI=1S/C21H30N2O3/c1-2-22-13-7-11-21(20(22)25)12-14-23(17-21)19(24)10-6-15-26-16-18-8-4-3-5-9-18/h3-5,8-9H,2,6-7,10-17H2,1H3/t21-/m1/s1. The summed E-state index contributed by atoms with van der Waals surface area (Å²) in [5, 5.41) is 0. The first-order chi connectivity index (χ1) is 12.6. The number of amides is 2. The van der Waals surface area contributed by atoms with Crippen molar-refractivity contribution in [2.24, 2.45) is 5.41 Å². The number of rotatable bonds is 7. The summed E-state index contributed by atoms with van der Waals surface area (Å²) >= 11 is 0. The molecule has 5 nitrogen and oxygen atoms in total. The van der Waals surface area contributed by atoms with E-state index < -0.39 is 0 Å². The number of nitrogens with zero attached hydrogens (tertiary/aromatic N) is 2. The van der Waals surface area contributed by atoms with Crippen LogP contribution in [0.5, 0.6) is 0 Å². The van der Waals surface area contributed by atoms with E-state index in [9.17, 15) is 9.59 Å². The highest BCUT2D eigenvalue weighted by Crippen LogP contribution is 2.40. The molecule has 0 bridgehead atoms. The summed E-state index contributed by atoms with van der Waals surface area (Å²) in [7, 11) is 0. The smallest absolute Gasteiger partial charge is 0.230 e. The molecule has 142 valence electrons. The first-order valence-corrected chi connectivity index (χ1v) is 9.83. The highest BCUT2D eigenvalue weighted by molar-refractivity contribution is 5.86. The van der Waals surface area contributed by atoms with Crippen molar-refractivity contribution in [3.63, 3.8) is 0 Å². The third-order valence-electron chi connectivity index (χ3n) is 5.70. The molecular formula is C21H30N2O3. The monoisotopic (exact) mass is 358 g/mol. The fraction of sp³-hybridized carbons (Fsp3) is 0.619. The number of piperidine rings is 1. The summed E-state index contributed by atoms with van der Waals surface area (Å²) < 4.78 is 5.66. The van der Waals surface area contributed by atoms with Gasteiger partial charge in [-0.25, -0.2) is 0 Å².